The van der Waals surface area contributed by atoms with Crippen molar-refractivity contribution in [2.24, 2.45) is 0 Å². The van der Waals surface area contributed by atoms with Gasteiger partial charge in [0.15, 0.2) is 0 Å². The van der Waals surface area contributed by atoms with Gasteiger partial charge in [0.1, 0.15) is 5.82 Å². The average Bonchev–Trinajstić information content (AvgIpc) is 3.44. The van der Waals surface area contributed by atoms with Crippen LogP contribution in [0.2, 0.25) is 0 Å². The molecule has 1 aromatic carbocycles. The predicted molar refractivity (Wildman–Crippen MR) is 117 cm³/mol. The van der Waals surface area contributed by atoms with Crippen molar-refractivity contribution in [2.75, 3.05) is 26.2 Å². The maximum atomic E-state index is 10.9. The molecule has 0 spiro atoms. The van der Waals surface area contributed by atoms with Crippen molar-refractivity contribution < 1.29 is 5.11 Å². The van der Waals surface area contributed by atoms with Crippen LogP contribution in [0.25, 0.3) is 4.96 Å². The molecular formula is C21H23N5OS2. The van der Waals surface area contributed by atoms with Crippen LogP contribution in [0.4, 0.5) is 0 Å². The van der Waals surface area contributed by atoms with E-state index in [4.69, 9.17) is 0 Å². The van der Waals surface area contributed by atoms with E-state index in [1.54, 1.807) is 15.9 Å². The number of thiazole rings is 1. The SMILES string of the molecule is Cc1nc2sc([C@H](c3cccs3)N3CCN(Cc4ccccc4)CC3)c(O)n2n1. The Kier molecular flexibility index (Phi) is 5.09. The number of aromatic nitrogens is 3. The first-order valence-electron chi connectivity index (χ1n) is 9.78. The molecule has 1 aliphatic rings. The molecule has 0 unspecified atom stereocenters. The van der Waals surface area contributed by atoms with Gasteiger partial charge in [-0.3, -0.25) is 9.80 Å². The molecule has 0 bridgehead atoms. The van der Waals surface area contributed by atoms with E-state index in [9.17, 15) is 5.11 Å². The Morgan fingerprint density at radius 1 is 1.07 bits per heavy atom. The molecule has 4 heterocycles. The van der Waals surface area contributed by atoms with Crippen LogP contribution in [-0.2, 0) is 6.54 Å². The van der Waals surface area contributed by atoms with Crippen LogP contribution in [0.1, 0.15) is 27.2 Å². The Morgan fingerprint density at radius 3 is 2.55 bits per heavy atom. The standard InChI is InChI=1S/C21H23N5OS2/c1-15-22-21-26(23-15)20(27)19(29-21)18(17-8-5-13-28-17)25-11-9-24(10-12-25)14-16-6-3-2-4-7-16/h2-8,13,18,27H,9-12,14H2,1H3/t18-/m0/s1. The molecule has 0 radical (unpaired) electrons. The summed E-state index contributed by atoms with van der Waals surface area (Å²) in [5, 5.41) is 17.3. The number of fused-ring (bicyclic) bond motifs is 1. The first-order valence-corrected chi connectivity index (χ1v) is 11.5. The van der Waals surface area contributed by atoms with Crippen LogP contribution in [0.3, 0.4) is 0 Å². The van der Waals surface area contributed by atoms with Gasteiger partial charge in [0.25, 0.3) is 0 Å². The summed E-state index contributed by atoms with van der Waals surface area (Å²) >= 11 is 3.28. The van der Waals surface area contributed by atoms with E-state index in [0.717, 1.165) is 42.6 Å². The van der Waals surface area contributed by atoms with Crippen LogP contribution in [0.15, 0.2) is 47.8 Å². The highest BCUT2D eigenvalue weighted by Crippen LogP contribution is 2.41. The van der Waals surface area contributed by atoms with E-state index >= 15 is 0 Å². The van der Waals surface area contributed by atoms with Crippen LogP contribution in [0, 0.1) is 6.92 Å². The van der Waals surface area contributed by atoms with E-state index in [-0.39, 0.29) is 11.9 Å². The van der Waals surface area contributed by atoms with Crippen LogP contribution < -0.4 is 0 Å². The summed E-state index contributed by atoms with van der Waals surface area (Å²) in [5.74, 6) is 0.899. The van der Waals surface area contributed by atoms with Crippen molar-refractivity contribution in [3.63, 3.8) is 0 Å². The lowest BCUT2D eigenvalue weighted by Gasteiger charge is -2.38. The van der Waals surface area contributed by atoms with E-state index < -0.39 is 0 Å². The molecule has 150 valence electrons. The highest BCUT2D eigenvalue weighted by Gasteiger charge is 2.32. The molecule has 3 aromatic heterocycles. The van der Waals surface area contributed by atoms with E-state index in [0.29, 0.717) is 5.82 Å². The summed E-state index contributed by atoms with van der Waals surface area (Å²) in [7, 11) is 0. The number of hydrogen-bond acceptors (Lipinski definition) is 7. The second kappa shape index (κ2) is 7.87. The molecule has 1 N–H and O–H groups in total. The summed E-state index contributed by atoms with van der Waals surface area (Å²) in [6.45, 7) is 6.78. The zero-order valence-electron chi connectivity index (χ0n) is 16.2. The molecule has 0 amide bonds. The second-order valence-electron chi connectivity index (χ2n) is 7.36. The molecule has 1 saturated heterocycles. The highest BCUT2D eigenvalue weighted by atomic mass is 32.1. The van der Waals surface area contributed by atoms with E-state index in [1.165, 1.54) is 21.8 Å². The van der Waals surface area contributed by atoms with Crippen molar-refractivity contribution in [3.05, 3.63) is 69.0 Å². The number of aromatic hydroxyl groups is 1. The summed E-state index contributed by atoms with van der Waals surface area (Å²) in [5.41, 5.74) is 1.36. The number of rotatable bonds is 5. The summed E-state index contributed by atoms with van der Waals surface area (Å²) in [6, 6.07) is 14.9. The number of hydrogen-bond donors (Lipinski definition) is 1. The third-order valence-corrected chi connectivity index (χ3v) is 7.38. The summed E-state index contributed by atoms with van der Waals surface area (Å²) in [6.07, 6.45) is 0. The minimum Gasteiger partial charge on any atom is -0.492 e. The smallest absolute Gasteiger partial charge is 0.230 e. The average molecular weight is 426 g/mol. The number of piperazine rings is 1. The molecule has 4 aromatic rings. The van der Waals surface area contributed by atoms with Crippen molar-refractivity contribution in [3.8, 4) is 5.88 Å². The molecule has 6 nitrogen and oxygen atoms in total. The molecule has 8 heteroatoms. The number of aryl methyl sites for hydroxylation is 1. The molecule has 1 atom stereocenters. The van der Waals surface area contributed by atoms with Crippen LogP contribution in [-0.4, -0.2) is 55.7 Å². The predicted octanol–water partition coefficient (Wildman–Crippen LogP) is 3.77. The first kappa shape index (κ1) is 18.7. The maximum absolute atomic E-state index is 10.9. The third-order valence-electron chi connectivity index (χ3n) is 5.39. The first-order chi connectivity index (χ1) is 14.2. The number of thiophene rings is 1. The van der Waals surface area contributed by atoms with Gasteiger partial charge >= 0.3 is 0 Å². The molecule has 0 aliphatic carbocycles. The summed E-state index contributed by atoms with van der Waals surface area (Å²) in [4.78, 5) is 12.4. The van der Waals surface area contributed by atoms with E-state index in [2.05, 4.69) is 67.7 Å². The lowest BCUT2D eigenvalue weighted by molar-refractivity contribution is 0.106. The minimum atomic E-state index is 0.0441. The largest absolute Gasteiger partial charge is 0.492 e. The van der Waals surface area contributed by atoms with Gasteiger partial charge in [0, 0.05) is 37.6 Å². The maximum Gasteiger partial charge on any atom is 0.230 e. The zero-order valence-corrected chi connectivity index (χ0v) is 17.9. The van der Waals surface area contributed by atoms with Gasteiger partial charge in [-0.1, -0.05) is 47.7 Å². The number of nitrogens with zero attached hydrogens (tertiary/aromatic N) is 5. The van der Waals surface area contributed by atoms with E-state index in [1.807, 2.05) is 6.92 Å². The molecule has 29 heavy (non-hydrogen) atoms. The van der Waals surface area contributed by atoms with Crippen molar-refractivity contribution in [2.45, 2.75) is 19.5 Å². The van der Waals surface area contributed by atoms with Crippen molar-refractivity contribution in [1.82, 2.24) is 24.4 Å². The van der Waals surface area contributed by atoms with Gasteiger partial charge in [-0.05, 0) is 23.9 Å². The van der Waals surface area contributed by atoms with Crippen molar-refractivity contribution in [1.29, 1.82) is 0 Å². The Labute approximate surface area is 177 Å². The monoisotopic (exact) mass is 425 g/mol. The van der Waals surface area contributed by atoms with Crippen molar-refractivity contribution >= 4 is 27.6 Å². The lowest BCUT2D eigenvalue weighted by atomic mass is 10.1. The normalized spacial score (nSPS) is 17.1. The molecule has 0 saturated carbocycles. The molecule has 5 rings (SSSR count). The minimum absolute atomic E-state index is 0.0441. The Bertz CT molecular complexity index is 1080. The van der Waals surface area contributed by atoms with Gasteiger partial charge in [0.05, 0.1) is 10.9 Å². The van der Waals surface area contributed by atoms with Gasteiger partial charge in [-0.25, -0.2) is 4.98 Å². The Balaban J connectivity index is 1.38. The lowest BCUT2D eigenvalue weighted by Crippen LogP contribution is -2.47. The molecule has 1 aliphatic heterocycles. The van der Waals surface area contributed by atoms with Gasteiger partial charge < -0.3 is 5.11 Å². The summed E-state index contributed by atoms with van der Waals surface area (Å²) < 4.78 is 1.57. The van der Waals surface area contributed by atoms with Crippen LogP contribution in [0.5, 0.6) is 5.88 Å². The zero-order chi connectivity index (χ0) is 19.8. The van der Waals surface area contributed by atoms with Gasteiger partial charge in [0.2, 0.25) is 10.8 Å². The second-order valence-corrected chi connectivity index (χ2v) is 9.35. The van der Waals surface area contributed by atoms with Gasteiger partial charge in [-0.15, -0.1) is 16.4 Å². The third kappa shape index (κ3) is 3.69. The molecule has 1 fully saturated rings. The Hall–Kier alpha value is -2.26. The number of benzene rings is 1. The topological polar surface area (TPSA) is 56.9 Å². The molecular weight excluding hydrogens is 402 g/mol. The quantitative estimate of drug-likeness (QED) is 0.527. The fourth-order valence-electron chi connectivity index (χ4n) is 3.97. The Morgan fingerprint density at radius 2 is 1.86 bits per heavy atom. The highest BCUT2D eigenvalue weighted by molar-refractivity contribution is 7.17. The van der Waals surface area contributed by atoms with Gasteiger partial charge in [-0.2, -0.15) is 4.52 Å². The fourth-order valence-corrected chi connectivity index (χ4v) is 6.06. The fraction of sp³-hybridized carbons (Fsp3) is 0.333. The van der Waals surface area contributed by atoms with Crippen LogP contribution >= 0.6 is 22.7 Å².